The second-order valence-corrected chi connectivity index (χ2v) is 10.8. The van der Waals surface area contributed by atoms with Crippen molar-refractivity contribution in [3.05, 3.63) is 132 Å². The van der Waals surface area contributed by atoms with Crippen LogP contribution in [0.3, 0.4) is 0 Å². The third-order valence-electron chi connectivity index (χ3n) is 6.47. The first-order chi connectivity index (χ1) is 25.7. The van der Waals surface area contributed by atoms with Crippen LogP contribution in [-0.2, 0) is 23.8 Å². The van der Waals surface area contributed by atoms with Crippen LogP contribution in [0, 0.1) is 22.7 Å². The molecular weight excluding hydrogens is 676 g/mol. The summed E-state index contributed by atoms with van der Waals surface area (Å²) in [6.45, 7) is 11.8. The van der Waals surface area contributed by atoms with Gasteiger partial charge in [0.15, 0.2) is 0 Å². The monoisotopic (exact) mass is 714 g/mol. The number of carbonyl (C=O) groups excluding carboxylic acids is 2. The lowest BCUT2D eigenvalue weighted by molar-refractivity contribution is -0.141. The van der Waals surface area contributed by atoms with Crippen LogP contribution in [-0.4, -0.2) is 51.6 Å². The summed E-state index contributed by atoms with van der Waals surface area (Å²) in [5.74, 6) is 0.483. The standard InChI is InChI=1S/C21H21N3O4.C19H17N3O3/c1-16(2)21(25)28-14-12-26-11-13-27-20-9-7-19(8-10-20)24-23-18-5-3-17(15-22)4-6-18;1-14(2)19(23)25-12-11-24-18-9-7-17(8-10-18)22-21-16-5-3-15(13-20)4-6-16/h3-10H,1,11-14H2,2H3;3-10H,1,11-12H2,2H3. The molecule has 0 aliphatic rings. The Balaban J connectivity index is 0.000000287. The molecule has 0 aliphatic heterocycles. The number of nitriles is 2. The van der Waals surface area contributed by atoms with E-state index in [2.05, 4.69) is 39.7 Å². The smallest absolute Gasteiger partial charge is 0.333 e. The van der Waals surface area contributed by atoms with E-state index in [-0.39, 0.29) is 19.8 Å². The van der Waals surface area contributed by atoms with Crippen molar-refractivity contribution in [2.45, 2.75) is 13.8 Å². The van der Waals surface area contributed by atoms with E-state index < -0.39 is 11.9 Å². The van der Waals surface area contributed by atoms with Gasteiger partial charge in [-0.25, -0.2) is 9.59 Å². The molecule has 270 valence electrons. The van der Waals surface area contributed by atoms with Crippen LogP contribution >= 0.6 is 0 Å². The van der Waals surface area contributed by atoms with E-state index in [9.17, 15) is 9.59 Å². The molecule has 0 saturated carbocycles. The van der Waals surface area contributed by atoms with Crippen LogP contribution in [0.15, 0.2) is 142 Å². The van der Waals surface area contributed by atoms with Crippen LogP contribution in [0.25, 0.3) is 0 Å². The molecule has 0 fully saturated rings. The van der Waals surface area contributed by atoms with E-state index in [4.69, 9.17) is 34.2 Å². The number of rotatable bonds is 17. The minimum absolute atomic E-state index is 0.159. The van der Waals surface area contributed by atoms with Crippen LogP contribution in [0.2, 0.25) is 0 Å². The fourth-order valence-corrected chi connectivity index (χ4v) is 3.71. The van der Waals surface area contributed by atoms with Gasteiger partial charge in [0.1, 0.15) is 37.9 Å². The highest BCUT2D eigenvalue weighted by molar-refractivity contribution is 5.87. The number of esters is 2. The SMILES string of the molecule is C=C(C)C(=O)OCCOCCOc1ccc(N=Nc2ccc(C#N)cc2)cc1.C=C(C)C(=O)OCCOc1ccc(N=Nc2ccc(C#N)cc2)cc1. The Morgan fingerprint density at radius 1 is 0.509 bits per heavy atom. The zero-order valence-corrected chi connectivity index (χ0v) is 29.4. The zero-order valence-electron chi connectivity index (χ0n) is 29.4. The van der Waals surface area contributed by atoms with Gasteiger partial charge in [0.25, 0.3) is 0 Å². The summed E-state index contributed by atoms with van der Waals surface area (Å²) in [6, 6.07) is 32.0. The first-order valence-corrected chi connectivity index (χ1v) is 16.2. The van der Waals surface area contributed by atoms with Crippen molar-refractivity contribution in [2.75, 3.05) is 39.6 Å². The van der Waals surface area contributed by atoms with Gasteiger partial charge in [-0.05, 0) is 111 Å². The van der Waals surface area contributed by atoms with E-state index in [1.165, 1.54) is 0 Å². The van der Waals surface area contributed by atoms with Gasteiger partial charge in [-0.1, -0.05) is 13.2 Å². The molecule has 0 aromatic heterocycles. The summed E-state index contributed by atoms with van der Waals surface area (Å²) in [4.78, 5) is 22.4. The molecule has 0 radical (unpaired) electrons. The van der Waals surface area contributed by atoms with Crippen molar-refractivity contribution in [2.24, 2.45) is 20.5 Å². The number of nitrogens with zero attached hydrogens (tertiary/aromatic N) is 6. The Hall–Kier alpha value is -6.96. The largest absolute Gasteiger partial charge is 0.491 e. The summed E-state index contributed by atoms with van der Waals surface area (Å²) >= 11 is 0. The fraction of sp³-hybridized carbons (Fsp3) is 0.200. The lowest BCUT2D eigenvalue weighted by atomic mass is 10.2. The normalized spacial score (nSPS) is 10.3. The Bertz CT molecular complexity index is 1940. The summed E-state index contributed by atoms with van der Waals surface area (Å²) < 4.78 is 26.2. The van der Waals surface area contributed by atoms with E-state index in [1.54, 1.807) is 111 Å². The number of hydrogen-bond acceptors (Lipinski definition) is 13. The molecule has 0 N–H and O–H groups in total. The molecule has 0 spiro atoms. The average Bonchev–Trinajstić information content (AvgIpc) is 3.18. The van der Waals surface area contributed by atoms with E-state index >= 15 is 0 Å². The topological polar surface area (TPSA) is 177 Å². The third-order valence-corrected chi connectivity index (χ3v) is 6.47. The molecule has 0 saturated heterocycles. The van der Waals surface area contributed by atoms with Crippen LogP contribution in [0.4, 0.5) is 22.7 Å². The van der Waals surface area contributed by atoms with E-state index in [0.717, 1.165) is 0 Å². The predicted octanol–water partition coefficient (Wildman–Crippen LogP) is 8.96. The molecule has 0 atom stereocenters. The molecule has 0 heterocycles. The van der Waals surface area contributed by atoms with Gasteiger partial charge in [0.2, 0.25) is 0 Å². The summed E-state index contributed by atoms with van der Waals surface area (Å²) in [6.07, 6.45) is 0. The van der Waals surface area contributed by atoms with Crippen molar-refractivity contribution in [1.82, 2.24) is 0 Å². The molecule has 13 heteroatoms. The quantitative estimate of drug-likeness (QED) is 0.0447. The lowest BCUT2D eigenvalue weighted by Crippen LogP contribution is -2.13. The maximum Gasteiger partial charge on any atom is 0.333 e. The van der Waals surface area contributed by atoms with Crippen molar-refractivity contribution in [3.63, 3.8) is 0 Å². The Morgan fingerprint density at radius 2 is 0.811 bits per heavy atom. The molecule has 53 heavy (non-hydrogen) atoms. The second kappa shape index (κ2) is 22.7. The minimum atomic E-state index is -0.429. The molecule has 0 unspecified atom stereocenters. The summed E-state index contributed by atoms with van der Waals surface area (Å²) in [5, 5.41) is 34.0. The average molecular weight is 715 g/mol. The number of azo groups is 2. The second-order valence-electron chi connectivity index (χ2n) is 10.8. The zero-order chi connectivity index (χ0) is 38.3. The van der Waals surface area contributed by atoms with Crippen molar-refractivity contribution in [3.8, 4) is 23.6 Å². The van der Waals surface area contributed by atoms with Gasteiger partial charge in [-0.2, -0.15) is 31.0 Å². The van der Waals surface area contributed by atoms with Gasteiger partial charge >= 0.3 is 11.9 Å². The molecule has 4 aromatic rings. The third kappa shape index (κ3) is 16.1. The number of hydrogen-bond donors (Lipinski definition) is 0. The van der Waals surface area contributed by atoms with Crippen LogP contribution in [0.1, 0.15) is 25.0 Å². The molecule has 0 bridgehead atoms. The highest BCUT2D eigenvalue weighted by atomic mass is 16.6. The Morgan fingerprint density at radius 3 is 1.15 bits per heavy atom. The number of carbonyl (C=O) groups is 2. The van der Waals surface area contributed by atoms with Crippen molar-refractivity contribution >= 4 is 34.7 Å². The molecule has 0 aliphatic carbocycles. The first kappa shape index (κ1) is 40.5. The molecule has 0 amide bonds. The van der Waals surface area contributed by atoms with Gasteiger partial charge in [0, 0.05) is 11.1 Å². The van der Waals surface area contributed by atoms with Crippen LogP contribution in [0.5, 0.6) is 11.5 Å². The highest BCUT2D eigenvalue weighted by Crippen LogP contribution is 2.23. The fourth-order valence-electron chi connectivity index (χ4n) is 3.71. The Kier molecular flexibility index (Phi) is 17.3. The van der Waals surface area contributed by atoms with Crippen LogP contribution < -0.4 is 9.47 Å². The van der Waals surface area contributed by atoms with E-state index in [1.807, 2.05) is 6.07 Å². The van der Waals surface area contributed by atoms with Crippen molar-refractivity contribution < 1.29 is 33.3 Å². The molecular formula is C40H38N6O7. The minimum Gasteiger partial charge on any atom is -0.491 e. The predicted molar refractivity (Wildman–Crippen MR) is 197 cm³/mol. The van der Waals surface area contributed by atoms with Gasteiger partial charge in [0.05, 0.1) is 59.2 Å². The van der Waals surface area contributed by atoms with E-state index in [0.29, 0.717) is 76.3 Å². The van der Waals surface area contributed by atoms with Gasteiger partial charge in [-0.3, -0.25) is 0 Å². The first-order valence-electron chi connectivity index (χ1n) is 16.2. The Labute approximate surface area is 308 Å². The number of benzene rings is 4. The summed E-state index contributed by atoms with van der Waals surface area (Å²) in [5.41, 5.74) is 4.58. The molecule has 13 nitrogen and oxygen atoms in total. The highest BCUT2D eigenvalue weighted by Gasteiger charge is 2.04. The van der Waals surface area contributed by atoms with Crippen molar-refractivity contribution in [1.29, 1.82) is 10.5 Å². The number of ether oxygens (including phenoxy) is 5. The maximum atomic E-state index is 11.2. The molecule has 4 aromatic carbocycles. The van der Waals surface area contributed by atoms with Gasteiger partial charge < -0.3 is 23.7 Å². The van der Waals surface area contributed by atoms with Gasteiger partial charge in [-0.15, -0.1) is 0 Å². The summed E-state index contributed by atoms with van der Waals surface area (Å²) in [7, 11) is 0. The molecule has 4 rings (SSSR count). The lowest BCUT2D eigenvalue weighted by Gasteiger charge is -2.08. The maximum absolute atomic E-state index is 11.2.